The summed E-state index contributed by atoms with van der Waals surface area (Å²) in [5.41, 5.74) is 1.69. The van der Waals surface area contributed by atoms with E-state index < -0.39 is 0 Å². The van der Waals surface area contributed by atoms with Crippen LogP contribution in [0.3, 0.4) is 0 Å². The minimum absolute atomic E-state index is 0.0647. The summed E-state index contributed by atoms with van der Waals surface area (Å²) in [7, 11) is 0. The number of hydrogen-bond donors (Lipinski definition) is 1. The number of nitrogens with zero attached hydrogens (tertiary/aromatic N) is 2. The normalized spacial score (nSPS) is 15.8. The van der Waals surface area contributed by atoms with Crippen LogP contribution in [-0.2, 0) is 0 Å². The standard InChI is InChI=1S/C18H19N3O2S/c22-16(14-10-19-15-9-5-4-8-13(14)15)11-24-18-21-20-17(23-18)12-6-2-1-3-7-12/h4-5,8-10,12,19H,1-3,6-7,11H2. The lowest BCUT2D eigenvalue weighted by atomic mass is 9.89. The first-order chi connectivity index (χ1) is 11.8. The number of hydrogen-bond acceptors (Lipinski definition) is 5. The Labute approximate surface area is 144 Å². The monoisotopic (exact) mass is 341 g/mol. The van der Waals surface area contributed by atoms with E-state index in [0.717, 1.165) is 29.6 Å². The summed E-state index contributed by atoms with van der Waals surface area (Å²) in [6.07, 6.45) is 7.78. The van der Waals surface area contributed by atoms with Crippen molar-refractivity contribution in [3.05, 3.63) is 41.9 Å². The molecule has 6 heteroatoms. The zero-order valence-electron chi connectivity index (χ0n) is 13.3. The van der Waals surface area contributed by atoms with E-state index in [0.29, 0.717) is 22.5 Å². The van der Waals surface area contributed by atoms with E-state index in [1.807, 2.05) is 24.3 Å². The molecule has 1 aliphatic carbocycles. The number of aromatic nitrogens is 3. The molecule has 1 aliphatic rings. The molecule has 124 valence electrons. The average Bonchev–Trinajstić information content (AvgIpc) is 3.27. The molecule has 4 rings (SSSR count). The van der Waals surface area contributed by atoms with Crippen molar-refractivity contribution in [3.63, 3.8) is 0 Å². The topological polar surface area (TPSA) is 71.8 Å². The zero-order chi connectivity index (χ0) is 16.4. The minimum atomic E-state index is 0.0647. The summed E-state index contributed by atoms with van der Waals surface area (Å²) in [5.74, 6) is 1.49. The molecule has 2 heterocycles. The van der Waals surface area contributed by atoms with Crippen molar-refractivity contribution in [1.29, 1.82) is 0 Å². The van der Waals surface area contributed by atoms with Gasteiger partial charge in [0.05, 0.1) is 5.75 Å². The number of aromatic amines is 1. The summed E-state index contributed by atoms with van der Waals surface area (Å²) in [4.78, 5) is 15.6. The van der Waals surface area contributed by atoms with Crippen molar-refractivity contribution >= 4 is 28.4 Å². The van der Waals surface area contributed by atoms with Crippen LogP contribution in [-0.4, -0.2) is 26.7 Å². The Bertz CT molecular complexity index is 849. The van der Waals surface area contributed by atoms with Gasteiger partial charge >= 0.3 is 0 Å². The third-order valence-electron chi connectivity index (χ3n) is 4.59. The summed E-state index contributed by atoms with van der Waals surface area (Å²) < 4.78 is 5.76. The van der Waals surface area contributed by atoms with Gasteiger partial charge in [0.15, 0.2) is 5.78 Å². The van der Waals surface area contributed by atoms with Crippen LogP contribution in [0.5, 0.6) is 0 Å². The number of rotatable bonds is 5. The van der Waals surface area contributed by atoms with Crippen LogP contribution in [0, 0.1) is 0 Å². The molecule has 1 N–H and O–H groups in total. The Hall–Kier alpha value is -2.08. The molecule has 0 atom stereocenters. The van der Waals surface area contributed by atoms with Crippen molar-refractivity contribution in [1.82, 2.24) is 15.2 Å². The van der Waals surface area contributed by atoms with Gasteiger partial charge in [-0.3, -0.25) is 4.79 Å². The molecule has 0 radical (unpaired) electrons. The highest BCUT2D eigenvalue weighted by Crippen LogP contribution is 2.33. The quantitative estimate of drug-likeness (QED) is 0.543. The number of benzene rings is 1. The predicted molar refractivity (Wildman–Crippen MR) is 93.5 cm³/mol. The van der Waals surface area contributed by atoms with Gasteiger partial charge in [0.2, 0.25) is 5.89 Å². The molecule has 1 aromatic carbocycles. The first-order valence-electron chi connectivity index (χ1n) is 8.37. The number of thioether (sulfide) groups is 1. The number of nitrogens with one attached hydrogen (secondary N) is 1. The molecule has 0 unspecified atom stereocenters. The van der Waals surface area contributed by atoms with Crippen molar-refractivity contribution in [3.8, 4) is 0 Å². The number of fused-ring (bicyclic) bond motifs is 1. The van der Waals surface area contributed by atoms with Gasteiger partial charge in [-0.25, -0.2) is 0 Å². The maximum absolute atomic E-state index is 12.5. The maximum Gasteiger partial charge on any atom is 0.277 e. The summed E-state index contributed by atoms with van der Waals surface area (Å²) in [6, 6.07) is 7.81. The molecule has 0 saturated heterocycles. The highest BCUT2D eigenvalue weighted by molar-refractivity contribution is 7.99. The zero-order valence-corrected chi connectivity index (χ0v) is 14.1. The Morgan fingerprint density at radius 1 is 1.21 bits per heavy atom. The average molecular weight is 341 g/mol. The first-order valence-corrected chi connectivity index (χ1v) is 9.35. The largest absolute Gasteiger partial charge is 0.416 e. The Morgan fingerprint density at radius 3 is 2.92 bits per heavy atom. The van der Waals surface area contributed by atoms with Crippen LogP contribution in [0.25, 0.3) is 10.9 Å². The van der Waals surface area contributed by atoms with Crippen molar-refractivity contribution < 1.29 is 9.21 Å². The lowest BCUT2D eigenvalue weighted by molar-refractivity contribution is 0.102. The van der Waals surface area contributed by atoms with Gasteiger partial charge in [-0.15, -0.1) is 10.2 Å². The van der Waals surface area contributed by atoms with Gasteiger partial charge in [0, 0.05) is 28.6 Å². The van der Waals surface area contributed by atoms with E-state index in [-0.39, 0.29) is 5.78 Å². The molecule has 1 fully saturated rings. The summed E-state index contributed by atoms with van der Waals surface area (Å²) in [6.45, 7) is 0. The van der Waals surface area contributed by atoms with Gasteiger partial charge in [-0.1, -0.05) is 49.2 Å². The van der Waals surface area contributed by atoms with E-state index >= 15 is 0 Å². The lowest BCUT2D eigenvalue weighted by Gasteiger charge is -2.17. The summed E-state index contributed by atoms with van der Waals surface area (Å²) >= 11 is 1.32. The van der Waals surface area contributed by atoms with Crippen molar-refractivity contribution in [2.45, 2.75) is 43.2 Å². The second-order valence-corrected chi connectivity index (χ2v) is 7.13. The van der Waals surface area contributed by atoms with Gasteiger partial charge in [0.25, 0.3) is 5.22 Å². The number of carbonyl (C=O) groups excluding carboxylic acids is 1. The molecule has 0 amide bonds. The Morgan fingerprint density at radius 2 is 2.04 bits per heavy atom. The molecular weight excluding hydrogens is 322 g/mol. The van der Waals surface area contributed by atoms with Crippen LogP contribution < -0.4 is 0 Å². The van der Waals surface area contributed by atoms with Crippen LogP contribution in [0.1, 0.15) is 54.3 Å². The fourth-order valence-corrected chi connectivity index (χ4v) is 3.95. The van der Waals surface area contributed by atoms with Crippen LogP contribution in [0.2, 0.25) is 0 Å². The SMILES string of the molecule is O=C(CSc1nnc(C2CCCCC2)o1)c1c[nH]c2ccccc12. The van der Waals surface area contributed by atoms with Crippen LogP contribution in [0.4, 0.5) is 0 Å². The van der Waals surface area contributed by atoms with Crippen LogP contribution in [0.15, 0.2) is 40.1 Å². The van der Waals surface area contributed by atoms with Gasteiger partial charge < -0.3 is 9.40 Å². The van der Waals surface area contributed by atoms with E-state index in [4.69, 9.17) is 4.42 Å². The molecule has 0 aliphatic heterocycles. The number of H-pyrrole nitrogens is 1. The van der Waals surface area contributed by atoms with Crippen molar-refractivity contribution in [2.24, 2.45) is 0 Å². The van der Waals surface area contributed by atoms with Gasteiger partial charge in [0.1, 0.15) is 0 Å². The molecule has 24 heavy (non-hydrogen) atoms. The molecule has 3 aromatic rings. The highest BCUT2D eigenvalue weighted by atomic mass is 32.2. The predicted octanol–water partition coefficient (Wildman–Crippen LogP) is 4.57. The first kappa shape index (κ1) is 15.4. The van der Waals surface area contributed by atoms with E-state index in [2.05, 4.69) is 15.2 Å². The molecule has 0 bridgehead atoms. The van der Waals surface area contributed by atoms with Crippen molar-refractivity contribution in [2.75, 3.05) is 5.75 Å². The van der Waals surface area contributed by atoms with Gasteiger partial charge in [-0.05, 0) is 18.9 Å². The number of carbonyl (C=O) groups is 1. The number of para-hydroxylation sites is 1. The van der Waals surface area contributed by atoms with E-state index in [9.17, 15) is 4.79 Å². The Kier molecular flexibility index (Phi) is 4.38. The number of ketones is 1. The second kappa shape index (κ2) is 6.81. The van der Waals surface area contributed by atoms with E-state index in [1.54, 1.807) is 6.20 Å². The summed E-state index contributed by atoms with van der Waals surface area (Å²) in [5, 5.41) is 9.71. The third kappa shape index (κ3) is 3.11. The number of Topliss-reactive ketones (excluding diaryl/α,β-unsaturated/α-hetero) is 1. The molecule has 0 spiro atoms. The fourth-order valence-electron chi connectivity index (χ4n) is 3.30. The van der Waals surface area contributed by atoms with E-state index in [1.165, 1.54) is 31.0 Å². The fraction of sp³-hybridized carbons (Fsp3) is 0.389. The molecule has 2 aromatic heterocycles. The smallest absolute Gasteiger partial charge is 0.277 e. The third-order valence-corrected chi connectivity index (χ3v) is 5.41. The van der Waals surface area contributed by atoms with Gasteiger partial charge in [-0.2, -0.15) is 0 Å². The second-order valence-electron chi connectivity index (χ2n) is 6.20. The highest BCUT2D eigenvalue weighted by Gasteiger charge is 2.22. The maximum atomic E-state index is 12.5. The molecular formula is C18H19N3O2S. The Balaban J connectivity index is 1.41. The molecule has 1 saturated carbocycles. The van der Waals surface area contributed by atoms with Crippen LogP contribution >= 0.6 is 11.8 Å². The minimum Gasteiger partial charge on any atom is -0.416 e. The lowest BCUT2D eigenvalue weighted by Crippen LogP contribution is -2.04. The molecule has 5 nitrogen and oxygen atoms in total.